The van der Waals surface area contributed by atoms with Crippen LogP contribution in [-0.4, -0.2) is 68.0 Å². The van der Waals surface area contributed by atoms with Gasteiger partial charge in [0.15, 0.2) is 0 Å². The highest BCUT2D eigenvalue weighted by Gasteiger charge is 2.31. The van der Waals surface area contributed by atoms with Gasteiger partial charge < -0.3 is 4.90 Å². The number of amides is 1. The molecule has 0 spiro atoms. The van der Waals surface area contributed by atoms with Gasteiger partial charge in [0.2, 0.25) is 5.91 Å². The van der Waals surface area contributed by atoms with Crippen LogP contribution in [0, 0.1) is 0 Å². The summed E-state index contributed by atoms with van der Waals surface area (Å²) in [7, 11) is -3.41. The Kier molecular flexibility index (Phi) is 6.31. The summed E-state index contributed by atoms with van der Waals surface area (Å²) in [4.78, 5) is 18.2. The van der Waals surface area contributed by atoms with Gasteiger partial charge >= 0.3 is 0 Å². The van der Waals surface area contributed by atoms with Crippen molar-refractivity contribution in [3.8, 4) is 0 Å². The fraction of sp³-hybridized carbons (Fsp3) is 0.450. The number of hydrogen-bond acceptors (Lipinski definition) is 6. The summed E-state index contributed by atoms with van der Waals surface area (Å²) >= 11 is 3.07. The van der Waals surface area contributed by atoms with Crippen LogP contribution in [0.25, 0.3) is 0 Å². The summed E-state index contributed by atoms with van der Waals surface area (Å²) in [6.07, 6.45) is 0.956. The van der Waals surface area contributed by atoms with E-state index < -0.39 is 10.0 Å². The van der Waals surface area contributed by atoms with E-state index in [9.17, 15) is 13.2 Å². The molecule has 29 heavy (non-hydrogen) atoms. The van der Waals surface area contributed by atoms with E-state index >= 15 is 0 Å². The molecule has 1 aromatic heterocycles. The maximum Gasteiger partial charge on any atom is 0.252 e. The van der Waals surface area contributed by atoms with Crippen LogP contribution in [0.2, 0.25) is 0 Å². The summed E-state index contributed by atoms with van der Waals surface area (Å²) in [5, 5.41) is 2.25. The van der Waals surface area contributed by atoms with Crippen LogP contribution in [0.3, 0.4) is 0 Å². The number of thioether (sulfide) groups is 1. The molecule has 0 unspecified atom stereocenters. The van der Waals surface area contributed by atoms with Crippen molar-refractivity contribution in [1.29, 1.82) is 0 Å². The first-order valence-corrected chi connectivity index (χ1v) is 13.0. The Balaban J connectivity index is 1.39. The van der Waals surface area contributed by atoms with Crippen LogP contribution >= 0.6 is 23.1 Å². The average Bonchev–Trinajstić information content (AvgIpc) is 3.20. The number of fused-ring (bicyclic) bond motifs is 1. The summed E-state index contributed by atoms with van der Waals surface area (Å²) in [5.41, 5.74) is 0.991. The lowest BCUT2D eigenvalue weighted by Crippen LogP contribution is -2.51. The third-order valence-electron chi connectivity index (χ3n) is 5.32. The lowest BCUT2D eigenvalue weighted by Gasteiger charge is -2.34. The highest BCUT2D eigenvalue weighted by molar-refractivity contribution is 8.00. The Bertz CT molecular complexity index is 954. The van der Waals surface area contributed by atoms with Gasteiger partial charge in [-0.15, -0.1) is 23.1 Å². The number of thiophene rings is 1. The van der Waals surface area contributed by atoms with Crippen molar-refractivity contribution in [2.24, 2.45) is 0 Å². The molecule has 2 aromatic rings. The maximum atomic E-state index is 13.1. The molecule has 4 rings (SSSR count). The Morgan fingerprint density at radius 2 is 1.83 bits per heavy atom. The Hall–Kier alpha value is -1.39. The number of piperazine rings is 1. The molecule has 156 valence electrons. The average molecular weight is 452 g/mol. The van der Waals surface area contributed by atoms with Gasteiger partial charge in [-0.2, -0.15) is 4.31 Å². The molecule has 6 nitrogen and oxygen atoms in total. The van der Waals surface area contributed by atoms with Crippen molar-refractivity contribution in [1.82, 2.24) is 9.21 Å². The van der Waals surface area contributed by atoms with E-state index in [2.05, 4.69) is 17.9 Å². The van der Waals surface area contributed by atoms with Crippen LogP contribution in [0.4, 0.5) is 5.69 Å². The molecule has 0 saturated carbocycles. The first kappa shape index (κ1) is 20.9. The molecule has 0 bridgehead atoms. The number of benzene rings is 1. The van der Waals surface area contributed by atoms with Gasteiger partial charge in [-0.1, -0.05) is 25.1 Å². The highest BCUT2D eigenvalue weighted by Crippen LogP contribution is 2.37. The first-order valence-electron chi connectivity index (χ1n) is 9.77. The predicted octanol–water partition coefficient (Wildman–Crippen LogP) is 2.97. The molecule has 1 saturated heterocycles. The zero-order valence-electron chi connectivity index (χ0n) is 16.4. The second-order valence-electron chi connectivity index (χ2n) is 7.34. The molecule has 1 aromatic carbocycles. The molecule has 1 fully saturated rings. The predicted molar refractivity (Wildman–Crippen MR) is 118 cm³/mol. The largest absolute Gasteiger partial charge is 0.310 e. The number of nitrogens with zero attached hydrogens (tertiary/aromatic N) is 3. The third kappa shape index (κ3) is 4.54. The van der Waals surface area contributed by atoms with E-state index in [1.165, 1.54) is 15.6 Å². The topological polar surface area (TPSA) is 60.9 Å². The lowest BCUT2D eigenvalue weighted by atomic mass is 10.2. The summed E-state index contributed by atoms with van der Waals surface area (Å²) < 4.78 is 27.3. The molecular weight excluding hydrogens is 426 g/mol. The SMILES string of the molecule is C[C@@H]1CCN(C(=O)CN2CCN(S(=O)(=O)c3cccs3)CC2)c2ccccc2S1. The van der Waals surface area contributed by atoms with E-state index in [1.54, 1.807) is 17.5 Å². The van der Waals surface area contributed by atoms with Gasteiger partial charge in [-0.3, -0.25) is 9.69 Å². The van der Waals surface area contributed by atoms with E-state index in [0.29, 0.717) is 42.2 Å². The molecule has 1 amide bonds. The number of carbonyl (C=O) groups excluding carboxylic acids is 1. The molecule has 0 aliphatic carbocycles. The summed E-state index contributed by atoms with van der Waals surface area (Å²) in [6.45, 7) is 5.20. The van der Waals surface area contributed by atoms with Crippen LogP contribution in [0.5, 0.6) is 0 Å². The number of sulfonamides is 1. The Morgan fingerprint density at radius 3 is 2.55 bits per heavy atom. The number of para-hydroxylation sites is 1. The fourth-order valence-corrected chi connectivity index (χ4v) is 7.37. The van der Waals surface area contributed by atoms with E-state index in [-0.39, 0.29) is 5.91 Å². The van der Waals surface area contributed by atoms with Crippen LogP contribution in [-0.2, 0) is 14.8 Å². The van der Waals surface area contributed by atoms with E-state index in [4.69, 9.17) is 0 Å². The highest BCUT2D eigenvalue weighted by atomic mass is 32.2. The van der Waals surface area contributed by atoms with Gasteiger partial charge in [0.25, 0.3) is 10.0 Å². The third-order valence-corrected chi connectivity index (χ3v) is 9.83. The number of rotatable bonds is 4. The molecule has 0 radical (unpaired) electrons. The molecule has 9 heteroatoms. The smallest absolute Gasteiger partial charge is 0.252 e. The maximum absolute atomic E-state index is 13.1. The van der Waals surface area contributed by atoms with Gasteiger partial charge in [-0.05, 0) is 30.0 Å². The second kappa shape index (κ2) is 8.77. The van der Waals surface area contributed by atoms with E-state index in [1.807, 2.05) is 34.9 Å². The van der Waals surface area contributed by atoms with Crippen LogP contribution in [0.15, 0.2) is 50.9 Å². The van der Waals surface area contributed by atoms with Crippen molar-refractivity contribution in [2.75, 3.05) is 44.2 Å². The Morgan fingerprint density at radius 1 is 1.07 bits per heavy atom. The van der Waals surface area contributed by atoms with Crippen LogP contribution < -0.4 is 4.90 Å². The van der Waals surface area contributed by atoms with Crippen molar-refractivity contribution >= 4 is 44.7 Å². The molecule has 3 heterocycles. The van der Waals surface area contributed by atoms with E-state index in [0.717, 1.165) is 23.5 Å². The van der Waals surface area contributed by atoms with Gasteiger partial charge in [-0.25, -0.2) is 8.42 Å². The molecule has 1 atom stereocenters. The van der Waals surface area contributed by atoms with Crippen molar-refractivity contribution in [2.45, 2.75) is 27.7 Å². The number of anilines is 1. The normalized spacial score (nSPS) is 21.6. The first-order chi connectivity index (χ1) is 13.9. The number of hydrogen-bond donors (Lipinski definition) is 0. The minimum absolute atomic E-state index is 0.0849. The van der Waals surface area contributed by atoms with Crippen molar-refractivity contribution in [3.63, 3.8) is 0 Å². The minimum Gasteiger partial charge on any atom is -0.310 e. The summed E-state index contributed by atoms with van der Waals surface area (Å²) in [5.74, 6) is 0.0849. The van der Waals surface area contributed by atoms with Gasteiger partial charge in [0.05, 0.1) is 12.2 Å². The minimum atomic E-state index is -3.41. The molecule has 2 aliphatic heterocycles. The molecule has 0 N–H and O–H groups in total. The fourth-order valence-electron chi connectivity index (χ4n) is 3.69. The van der Waals surface area contributed by atoms with Gasteiger partial charge in [0.1, 0.15) is 4.21 Å². The zero-order chi connectivity index (χ0) is 20.4. The summed E-state index contributed by atoms with van der Waals surface area (Å²) in [6, 6.07) is 11.5. The van der Waals surface area contributed by atoms with Crippen molar-refractivity contribution in [3.05, 3.63) is 41.8 Å². The zero-order valence-corrected chi connectivity index (χ0v) is 18.8. The van der Waals surface area contributed by atoms with Crippen molar-refractivity contribution < 1.29 is 13.2 Å². The lowest BCUT2D eigenvalue weighted by molar-refractivity contribution is -0.120. The standard InChI is InChI=1S/C20H25N3O3S3/c1-16-8-9-23(17-5-2-3-6-18(17)28-16)19(24)15-21-10-12-22(13-11-21)29(25,26)20-7-4-14-27-20/h2-7,14,16H,8-13,15H2,1H3/t16-/m1/s1. The van der Waals surface area contributed by atoms with Gasteiger partial charge in [0, 0.05) is 42.9 Å². The number of carbonyl (C=O) groups is 1. The molecular formula is C20H25N3O3S3. The molecule has 2 aliphatic rings. The Labute approximate surface area is 180 Å². The monoisotopic (exact) mass is 451 g/mol. The quantitative estimate of drug-likeness (QED) is 0.715. The van der Waals surface area contributed by atoms with Crippen LogP contribution in [0.1, 0.15) is 13.3 Å². The second-order valence-corrected chi connectivity index (χ2v) is 11.9.